The van der Waals surface area contributed by atoms with Gasteiger partial charge in [0.15, 0.2) is 17.3 Å². The number of nitrogens with one attached hydrogen (secondary N) is 2. The first-order valence-corrected chi connectivity index (χ1v) is 11.6. The van der Waals surface area contributed by atoms with Crippen molar-refractivity contribution in [2.24, 2.45) is 11.7 Å². The smallest absolute Gasteiger partial charge is 0.224 e. The van der Waals surface area contributed by atoms with Crippen LogP contribution in [0.2, 0.25) is 5.02 Å². The van der Waals surface area contributed by atoms with Gasteiger partial charge in [0.2, 0.25) is 17.8 Å². The molecule has 0 spiro atoms. The average Bonchev–Trinajstić information content (AvgIpc) is 3.12. The predicted octanol–water partition coefficient (Wildman–Crippen LogP) is 3.65. The van der Waals surface area contributed by atoms with E-state index in [0.29, 0.717) is 55.6 Å². The van der Waals surface area contributed by atoms with Gasteiger partial charge in [0.25, 0.3) is 0 Å². The topological polar surface area (TPSA) is 131 Å². The summed E-state index contributed by atoms with van der Waals surface area (Å²) in [7, 11) is 0. The van der Waals surface area contributed by atoms with Crippen molar-refractivity contribution < 1.29 is 18.7 Å². The number of nitrogens with zero attached hydrogens (tertiary/aromatic N) is 4. The third-order valence-corrected chi connectivity index (χ3v) is 6.81. The van der Waals surface area contributed by atoms with E-state index in [2.05, 4.69) is 25.6 Å². The van der Waals surface area contributed by atoms with Crippen molar-refractivity contribution >= 4 is 46.3 Å². The van der Waals surface area contributed by atoms with E-state index in [1.54, 1.807) is 6.20 Å². The summed E-state index contributed by atoms with van der Waals surface area (Å²) in [6.45, 7) is 0. The quantitative estimate of drug-likeness (QED) is 0.414. The zero-order chi connectivity index (χ0) is 24.0. The van der Waals surface area contributed by atoms with Gasteiger partial charge in [-0.3, -0.25) is 9.36 Å². The first kappa shape index (κ1) is 22.7. The van der Waals surface area contributed by atoms with Gasteiger partial charge in [-0.2, -0.15) is 4.98 Å². The normalized spacial score (nSPS) is 24.6. The van der Waals surface area contributed by atoms with Gasteiger partial charge >= 0.3 is 0 Å². The van der Waals surface area contributed by atoms with Crippen LogP contribution in [0, 0.1) is 17.6 Å². The molecule has 0 atom stereocenters. The van der Waals surface area contributed by atoms with Crippen molar-refractivity contribution in [2.75, 3.05) is 10.6 Å². The molecule has 2 heterocycles. The Hall–Kier alpha value is -3.05. The summed E-state index contributed by atoms with van der Waals surface area (Å²) in [5.41, 5.74) is 6.06. The summed E-state index contributed by atoms with van der Waals surface area (Å²) in [4.78, 5) is 25.1. The lowest BCUT2D eigenvalue weighted by atomic mass is 9.85. The number of imidazole rings is 1. The van der Waals surface area contributed by atoms with E-state index >= 15 is 0 Å². The zero-order valence-electron chi connectivity index (χ0n) is 18.1. The van der Waals surface area contributed by atoms with Gasteiger partial charge in [-0.15, -0.1) is 0 Å². The van der Waals surface area contributed by atoms with Crippen LogP contribution in [0.25, 0.3) is 11.2 Å². The van der Waals surface area contributed by atoms with E-state index in [-0.39, 0.29) is 46.7 Å². The Bertz CT molecular complexity index is 1220. The average molecular weight is 492 g/mol. The van der Waals surface area contributed by atoms with E-state index in [0.717, 1.165) is 12.1 Å². The molecule has 2 aliphatic carbocycles. The number of hydrogen-bond acceptors (Lipinski definition) is 7. The molecule has 12 heteroatoms. The molecular weight excluding hydrogens is 468 g/mol. The molecule has 2 aliphatic rings. The molecule has 2 saturated carbocycles. The Morgan fingerprint density at radius 2 is 1.82 bits per heavy atom. The number of aliphatic hydroxyl groups is 1. The first-order chi connectivity index (χ1) is 16.3. The van der Waals surface area contributed by atoms with Crippen molar-refractivity contribution in [1.29, 1.82) is 0 Å². The van der Waals surface area contributed by atoms with E-state index in [9.17, 15) is 18.7 Å². The monoisotopic (exact) mass is 491 g/mol. The summed E-state index contributed by atoms with van der Waals surface area (Å²) in [6, 6.07) is 2.00. The van der Waals surface area contributed by atoms with Crippen LogP contribution in [0.1, 0.15) is 44.6 Å². The summed E-state index contributed by atoms with van der Waals surface area (Å²) < 4.78 is 30.8. The molecule has 180 valence electrons. The number of aliphatic hydroxyl groups excluding tert-OH is 1. The second-order valence-corrected chi connectivity index (χ2v) is 9.39. The number of anilines is 3. The highest BCUT2D eigenvalue weighted by Crippen LogP contribution is 2.38. The number of amides is 1. The molecule has 0 saturated heterocycles. The molecule has 2 aromatic heterocycles. The standard InChI is InChI=1S/C22H24ClF2N7O2/c23-11-5-15(24)18(16(25)6-11)30-22-29-17-9-27-21(28-12-7-14(33)8-12)31-20(17)32(22)13-3-1-10(2-4-13)19(26)34/h5-6,9-10,12-14,33H,1-4,7-8H2,(H2,26,34)(H,29,30)(H,27,28,31)/t10-,12-,13-,14-. The van der Waals surface area contributed by atoms with Crippen LogP contribution in [0.3, 0.4) is 0 Å². The molecule has 0 aliphatic heterocycles. The highest BCUT2D eigenvalue weighted by atomic mass is 35.5. The van der Waals surface area contributed by atoms with Gasteiger partial charge in [0.05, 0.1) is 12.3 Å². The SMILES string of the molecule is NC(=O)[C@H]1CC[C@H](n2c(Nc3c(F)cc(Cl)cc3F)nc3cnc(N[C@H]4C[C@H](O)C4)nc32)CC1. The molecule has 1 amide bonds. The first-order valence-electron chi connectivity index (χ1n) is 11.2. The number of primary amides is 1. The fraction of sp³-hybridized carbons (Fsp3) is 0.455. The van der Waals surface area contributed by atoms with Crippen LogP contribution in [0.5, 0.6) is 0 Å². The van der Waals surface area contributed by atoms with Crippen LogP contribution < -0.4 is 16.4 Å². The van der Waals surface area contributed by atoms with Crippen LogP contribution >= 0.6 is 11.6 Å². The van der Waals surface area contributed by atoms with Crippen molar-refractivity contribution in [3.63, 3.8) is 0 Å². The van der Waals surface area contributed by atoms with E-state index in [4.69, 9.17) is 17.3 Å². The fourth-order valence-electron chi connectivity index (χ4n) is 4.67. The molecule has 3 aromatic rings. The Kier molecular flexibility index (Phi) is 5.98. The number of carbonyl (C=O) groups is 1. The lowest BCUT2D eigenvalue weighted by Gasteiger charge is -2.32. The maximum Gasteiger partial charge on any atom is 0.224 e. The number of aromatic nitrogens is 4. The van der Waals surface area contributed by atoms with Gasteiger partial charge in [-0.05, 0) is 50.7 Å². The van der Waals surface area contributed by atoms with Crippen LogP contribution in [-0.2, 0) is 4.79 Å². The number of nitrogens with two attached hydrogens (primary N) is 1. The van der Waals surface area contributed by atoms with Crippen molar-refractivity contribution in [1.82, 2.24) is 19.5 Å². The van der Waals surface area contributed by atoms with Crippen LogP contribution in [0.4, 0.5) is 26.4 Å². The summed E-state index contributed by atoms with van der Waals surface area (Å²) in [5.74, 6) is -1.63. The van der Waals surface area contributed by atoms with Crippen LogP contribution in [0.15, 0.2) is 18.3 Å². The van der Waals surface area contributed by atoms with Crippen molar-refractivity contribution in [2.45, 2.75) is 56.7 Å². The highest BCUT2D eigenvalue weighted by molar-refractivity contribution is 6.30. The van der Waals surface area contributed by atoms with Gasteiger partial charge in [0.1, 0.15) is 11.2 Å². The van der Waals surface area contributed by atoms with E-state index in [1.807, 2.05) is 4.57 Å². The number of rotatable bonds is 6. The van der Waals surface area contributed by atoms with E-state index < -0.39 is 11.6 Å². The largest absolute Gasteiger partial charge is 0.393 e. The minimum atomic E-state index is -0.849. The molecule has 34 heavy (non-hydrogen) atoms. The highest BCUT2D eigenvalue weighted by Gasteiger charge is 2.31. The lowest BCUT2D eigenvalue weighted by Crippen LogP contribution is -2.39. The van der Waals surface area contributed by atoms with Gasteiger partial charge in [-0.1, -0.05) is 11.6 Å². The van der Waals surface area contributed by atoms with E-state index in [1.165, 1.54) is 0 Å². The molecule has 0 bridgehead atoms. The molecule has 0 unspecified atom stereocenters. The van der Waals surface area contributed by atoms with Gasteiger partial charge in [-0.25, -0.2) is 18.7 Å². The summed E-state index contributed by atoms with van der Waals surface area (Å²) in [6.07, 6.45) is 4.89. The fourth-order valence-corrected chi connectivity index (χ4v) is 4.87. The Morgan fingerprint density at radius 1 is 1.15 bits per heavy atom. The Labute approximate surface area is 198 Å². The Balaban J connectivity index is 1.52. The Morgan fingerprint density at radius 3 is 2.44 bits per heavy atom. The summed E-state index contributed by atoms with van der Waals surface area (Å²) in [5, 5.41) is 15.5. The molecule has 1 aromatic carbocycles. The number of hydrogen-bond donors (Lipinski definition) is 4. The molecular formula is C22H24ClF2N7O2. The van der Waals surface area contributed by atoms with Crippen LogP contribution in [-0.4, -0.2) is 42.7 Å². The zero-order valence-corrected chi connectivity index (χ0v) is 18.9. The molecule has 9 nitrogen and oxygen atoms in total. The van der Waals surface area contributed by atoms with Crippen molar-refractivity contribution in [3.05, 3.63) is 35.0 Å². The molecule has 5 N–H and O–H groups in total. The minimum Gasteiger partial charge on any atom is -0.393 e. The predicted molar refractivity (Wildman–Crippen MR) is 123 cm³/mol. The number of carbonyl (C=O) groups excluding carboxylic acids is 1. The molecule has 2 fully saturated rings. The van der Waals surface area contributed by atoms with Crippen molar-refractivity contribution in [3.8, 4) is 0 Å². The van der Waals surface area contributed by atoms with Gasteiger partial charge < -0.3 is 21.5 Å². The maximum absolute atomic E-state index is 14.5. The molecule has 0 radical (unpaired) electrons. The lowest BCUT2D eigenvalue weighted by molar-refractivity contribution is -0.122. The number of fused-ring (bicyclic) bond motifs is 1. The van der Waals surface area contributed by atoms with Gasteiger partial charge in [0, 0.05) is 23.0 Å². The number of benzene rings is 1. The second-order valence-electron chi connectivity index (χ2n) is 8.95. The third kappa shape index (κ3) is 4.37. The minimum absolute atomic E-state index is 0.0541. The maximum atomic E-state index is 14.5. The number of halogens is 3. The molecule has 5 rings (SSSR count). The second kappa shape index (κ2) is 8.95. The summed E-state index contributed by atoms with van der Waals surface area (Å²) >= 11 is 5.76. The third-order valence-electron chi connectivity index (χ3n) is 6.59.